The maximum atomic E-state index is 13.9. The number of benzene rings is 1. The standard InChI is InChI=1S/C23H34F2N4O4/c1-15(2)19(27-20(30)18-16(24)7-6-8-17(18)25)21(31)26-9-10-28-11-13-29(14-12-28)22(32)33-23(3,4)5/h6-8,15,19H,9-14H2,1-5H3,(H,26,31)(H,27,30)/t19-/m0/s1. The lowest BCUT2D eigenvalue weighted by molar-refractivity contribution is -0.124. The van der Waals surface area contributed by atoms with Crippen LogP contribution >= 0.6 is 0 Å². The Morgan fingerprint density at radius 3 is 2.15 bits per heavy atom. The highest BCUT2D eigenvalue weighted by molar-refractivity contribution is 5.98. The van der Waals surface area contributed by atoms with Gasteiger partial charge in [0.2, 0.25) is 5.91 Å². The number of nitrogens with zero attached hydrogens (tertiary/aromatic N) is 2. The monoisotopic (exact) mass is 468 g/mol. The van der Waals surface area contributed by atoms with Crippen LogP contribution in [0.25, 0.3) is 0 Å². The predicted octanol–water partition coefficient (Wildman–Crippen LogP) is 2.39. The maximum absolute atomic E-state index is 13.9. The van der Waals surface area contributed by atoms with Crippen LogP contribution in [-0.4, -0.2) is 78.6 Å². The molecule has 33 heavy (non-hydrogen) atoms. The van der Waals surface area contributed by atoms with Crippen molar-refractivity contribution in [2.45, 2.75) is 46.3 Å². The van der Waals surface area contributed by atoms with E-state index in [9.17, 15) is 23.2 Å². The van der Waals surface area contributed by atoms with E-state index in [1.54, 1.807) is 18.7 Å². The van der Waals surface area contributed by atoms with Crippen molar-refractivity contribution < 1.29 is 27.9 Å². The van der Waals surface area contributed by atoms with Gasteiger partial charge in [-0.05, 0) is 38.8 Å². The average Bonchev–Trinajstić information content (AvgIpc) is 2.70. The molecule has 2 N–H and O–H groups in total. The first-order valence-corrected chi connectivity index (χ1v) is 11.1. The number of carbonyl (C=O) groups is 3. The lowest BCUT2D eigenvalue weighted by atomic mass is 10.0. The van der Waals surface area contributed by atoms with E-state index in [1.165, 1.54) is 6.07 Å². The maximum Gasteiger partial charge on any atom is 0.410 e. The lowest BCUT2D eigenvalue weighted by Gasteiger charge is -2.35. The van der Waals surface area contributed by atoms with E-state index in [-0.39, 0.29) is 12.0 Å². The lowest BCUT2D eigenvalue weighted by Crippen LogP contribution is -2.53. The van der Waals surface area contributed by atoms with Gasteiger partial charge in [-0.3, -0.25) is 14.5 Å². The van der Waals surface area contributed by atoms with Gasteiger partial charge in [-0.1, -0.05) is 19.9 Å². The summed E-state index contributed by atoms with van der Waals surface area (Å²) in [4.78, 5) is 40.9. The minimum absolute atomic E-state index is 0.291. The van der Waals surface area contributed by atoms with Gasteiger partial charge in [-0.25, -0.2) is 13.6 Å². The summed E-state index contributed by atoms with van der Waals surface area (Å²) >= 11 is 0. The van der Waals surface area contributed by atoms with Gasteiger partial charge < -0.3 is 20.3 Å². The Bertz CT molecular complexity index is 829. The van der Waals surface area contributed by atoms with Crippen LogP contribution in [0.1, 0.15) is 45.0 Å². The Morgan fingerprint density at radius 1 is 1.06 bits per heavy atom. The van der Waals surface area contributed by atoms with Crippen LogP contribution < -0.4 is 10.6 Å². The molecule has 1 fully saturated rings. The summed E-state index contributed by atoms with van der Waals surface area (Å²) in [7, 11) is 0. The van der Waals surface area contributed by atoms with Crippen molar-refractivity contribution in [3.05, 3.63) is 35.4 Å². The molecule has 1 aromatic rings. The highest BCUT2D eigenvalue weighted by atomic mass is 19.1. The number of halogens is 2. The van der Waals surface area contributed by atoms with E-state index < -0.39 is 40.7 Å². The summed E-state index contributed by atoms with van der Waals surface area (Å²) < 4.78 is 33.1. The molecule has 1 atom stereocenters. The van der Waals surface area contributed by atoms with Gasteiger partial charge in [0.25, 0.3) is 5.91 Å². The smallest absolute Gasteiger partial charge is 0.410 e. The minimum Gasteiger partial charge on any atom is -0.444 e. The normalized spacial score (nSPS) is 15.8. The molecule has 0 unspecified atom stereocenters. The summed E-state index contributed by atoms with van der Waals surface area (Å²) in [5.41, 5.74) is -1.25. The molecule has 0 saturated carbocycles. The van der Waals surface area contributed by atoms with E-state index in [4.69, 9.17) is 4.74 Å². The second-order valence-corrected chi connectivity index (χ2v) is 9.39. The summed E-state index contributed by atoms with van der Waals surface area (Å²) in [6, 6.07) is 2.21. The van der Waals surface area contributed by atoms with Gasteiger partial charge in [0.05, 0.1) is 0 Å². The molecular weight excluding hydrogens is 434 g/mol. The Labute approximate surface area is 193 Å². The van der Waals surface area contributed by atoms with Gasteiger partial charge in [-0.15, -0.1) is 0 Å². The van der Waals surface area contributed by atoms with Crippen LogP contribution in [-0.2, 0) is 9.53 Å². The number of amides is 3. The molecule has 0 aromatic heterocycles. The summed E-state index contributed by atoms with van der Waals surface area (Å²) in [5.74, 6) is -3.66. The number of piperazine rings is 1. The molecular formula is C23H34F2N4O4. The molecule has 0 spiro atoms. The summed E-state index contributed by atoms with van der Waals surface area (Å²) in [6.07, 6.45) is -0.336. The zero-order valence-corrected chi connectivity index (χ0v) is 19.9. The first kappa shape index (κ1) is 26.5. The van der Waals surface area contributed by atoms with Gasteiger partial charge in [0, 0.05) is 39.3 Å². The van der Waals surface area contributed by atoms with Crippen LogP contribution in [0.5, 0.6) is 0 Å². The van der Waals surface area contributed by atoms with Crippen LogP contribution in [0.15, 0.2) is 18.2 Å². The molecule has 3 amide bonds. The third-order valence-electron chi connectivity index (χ3n) is 5.18. The molecule has 1 aliphatic rings. The van der Waals surface area contributed by atoms with Crippen LogP contribution in [0.4, 0.5) is 13.6 Å². The van der Waals surface area contributed by atoms with E-state index in [1.807, 2.05) is 20.8 Å². The van der Waals surface area contributed by atoms with Crippen LogP contribution in [0, 0.1) is 17.6 Å². The number of carbonyl (C=O) groups excluding carboxylic acids is 3. The first-order chi connectivity index (χ1) is 15.4. The van der Waals surface area contributed by atoms with E-state index >= 15 is 0 Å². The van der Waals surface area contributed by atoms with Crippen molar-refractivity contribution in [3.8, 4) is 0 Å². The van der Waals surface area contributed by atoms with Crippen molar-refractivity contribution in [1.29, 1.82) is 0 Å². The predicted molar refractivity (Wildman–Crippen MR) is 120 cm³/mol. The summed E-state index contributed by atoms with van der Waals surface area (Å²) in [5, 5.41) is 5.21. The SMILES string of the molecule is CC(C)[C@H](NC(=O)c1c(F)cccc1F)C(=O)NCCN1CCN(C(=O)OC(C)(C)C)CC1. The van der Waals surface area contributed by atoms with E-state index in [2.05, 4.69) is 15.5 Å². The third-order valence-corrected chi connectivity index (χ3v) is 5.18. The molecule has 1 aliphatic heterocycles. The largest absolute Gasteiger partial charge is 0.444 e. The number of rotatable bonds is 7. The molecule has 1 aromatic carbocycles. The second-order valence-electron chi connectivity index (χ2n) is 9.39. The highest BCUT2D eigenvalue weighted by Crippen LogP contribution is 2.14. The highest BCUT2D eigenvalue weighted by Gasteiger charge is 2.28. The third kappa shape index (κ3) is 7.96. The van der Waals surface area contributed by atoms with Gasteiger partial charge in [0.1, 0.15) is 28.8 Å². The molecule has 1 heterocycles. The first-order valence-electron chi connectivity index (χ1n) is 11.1. The van der Waals surface area contributed by atoms with Crippen LogP contribution in [0.3, 0.4) is 0 Å². The van der Waals surface area contributed by atoms with Gasteiger partial charge >= 0.3 is 6.09 Å². The van der Waals surface area contributed by atoms with Crippen molar-refractivity contribution in [1.82, 2.24) is 20.4 Å². The van der Waals surface area contributed by atoms with Crippen LogP contribution in [0.2, 0.25) is 0 Å². The van der Waals surface area contributed by atoms with Crippen molar-refractivity contribution in [2.75, 3.05) is 39.3 Å². The number of nitrogens with one attached hydrogen (secondary N) is 2. The average molecular weight is 469 g/mol. The fourth-order valence-corrected chi connectivity index (χ4v) is 3.39. The quantitative estimate of drug-likeness (QED) is 0.641. The summed E-state index contributed by atoms with van der Waals surface area (Å²) in [6.45, 7) is 12.2. The molecule has 0 aliphatic carbocycles. The van der Waals surface area contributed by atoms with Gasteiger partial charge in [0.15, 0.2) is 0 Å². The van der Waals surface area contributed by atoms with E-state index in [0.717, 1.165) is 12.1 Å². The fourth-order valence-electron chi connectivity index (χ4n) is 3.39. The van der Waals surface area contributed by atoms with Crippen molar-refractivity contribution in [3.63, 3.8) is 0 Å². The van der Waals surface area contributed by atoms with E-state index in [0.29, 0.717) is 39.3 Å². The Morgan fingerprint density at radius 2 is 1.64 bits per heavy atom. The molecule has 10 heteroatoms. The van der Waals surface area contributed by atoms with Crippen molar-refractivity contribution >= 4 is 17.9 Å². The molecule has 8 nitrogen and oxygen atoms in total. The molecule has 2 rings (SSSR count). The van der Waals surface area contributed by atoms with Gasteiger partial charge in [-0.2, -0.15) is 0 Å². The molecule has 0 bridgehead atoms. The minimum atomic E-state index is -0.985. The zero-order valence-electron chi connectivity index (χ0n) is 19.9. The zero-order chi connectivity index (χ0) is 24.8. The second kappa shape index (κ2) is 11.4. The Balaban J connectivity index is 1.81. The molecule has 1 saturated heterocycles. The number of hydrogen-bond acceptors (Lipinski definition) is 5. The molecule has 184 valence electrons. The topological polar surface area (TPSA) is 91.0 Å². The Hall–Kier alpha value is -2.75. The fraction of sp³-hybridized carbons (Fsp3) is 0.609. The molecule has 0 radical (unpaired) electrons. The van der Waals surface area contributed by atoms with Crippen molar-refractivity contribution in [2.24, 2.45) is 5.92 Å². The number of ether oxygens (including phenoxy) is 1. The number of hydrogen-bond donors (Lipinski definition) is 2. The Kier molecular flexibility index (Phi) is 9.16.